The van der Waals surface area contributed by atoms with E-state index in [0.717, 1.165) is 41.5 Å². The molecule has 0 bridgehead atoms. The van der Waals surface area contributed by atoms with Gasteiger partial charge in [0.05, 0.1) is 12.8 Å². The van der Waals surface area contributed by atoms with Crippen molar-refractivity contribution in [1.82, 2.24) is 4.90 Å². The van der Waals surface area contributed by atoms with E-state index in [4.69, 9.17) is 9.47 Å². The second-order valence-electron chi connectivity index (χ2n) is 7.37. The second-order valence-corrected chi connectivity index (χ2v) is 7.37. The summed E-state index contributed by atoms with van der Waals surface area (Å²) in [4.78, 5) is 16.8. The topological polar surface area (TPSA) is 54.0 Å². The van der Waals surface area contributed by atoms with Crippen molar-refractivity contribution in [3.8, 4) is 11.5 Å². The van der Waals surface area contributed by atoms with Crippen LogP contribution in [-0.2, 0) is 6.61 Å². The number of benzene rings is 3. The molecule has 0 unspecified atom stereocenters. The van der Waals surface area contributed by atoms with Crippen LogP contribution in [0.5, 0.6) is 11.5 Å². The van der Waals surface area contributed by atoms with Crippen molar-refractivity contribution in [2.24, 2.45) is 0 Å². The van der Waals surface area contributed by atoms with Gasteiger partial charge in [0.1, 0.15) is 18.1 Å². The zero-order valence-electron chi connectivity index (χ0n) is 17.7. The summed E-state index contributed by atoms with van der Waals surface area (Å²) < 4.78 is 11.3. The van der Waals surface area contributed by atoms with Crippen LogP contribution in [0.15, 0.2) is 78.9 Å². The average Bonchev–Trinajstić information content (AvgIpc) is 2.84. The number of para-hydroxylation sites is 2. The number of hydrogen-bond acceptors (Lipinski definition) is 4. The molecule has 1 heterocycles. The van der Waals surface area contributed by atoms with E-state index in [1.165, 1.54) is 0 Å². The van der Waals surface area contributed by atoms with Crippen molar-refractivity contribution in [3.05, 3.63) is 84.4 Å². The van der Waals surface area contributed by atoms with Gasteiger partial charge in [-0.1, -0.05) is 42.5 Å². The minimum Gasteiger partial charge on any atom is -0.495 e. The summed E-state index contributed by atoms with van der Waals surface area (Å²) in [5.41, 5.74) is 2.94. The highest BCUT2D eigenvalue weighted by Crippen LogP contribution is 2.28. The molecule has 0 aliphatic carbocycles. The van der Waals surface area contributed by atoms with E-state index in [1.54, 1.807) is 7.11 Å². The lowest BCUT2D eigenvalue weighted by Gasteiger charge is -2.36. The first-order valence-corrected chi connectivity index (χ1v) is 10.4. The molecule has 3 aromatic carbocycles. The Kier molecular flexibility index (Phi) is 6.57. The maximum Gasteiger partial charge on any atom is 0.321 e. The van der Waals surface area contributed by atoms with Gasteiger partial charge in [0.15, 0.2) is 0 Å². The van der Waals surface area contributed by atoms with E-state index < -0.39 is 0 Å². The van der Waals surface area contributed by atoms with Crippen LogP contribution in [0.2, 0.25) is 0 Å². The SMILES string of the molecule is COc1ccccc1N1CCN(C(=O)Nc2ccc(OCc3ccccc3)cc2)CC1. The minimum absolute atomic E-state index is 0.0855. The molecule has 2 amide bonds. The van der Waals surface area contributed by atoms with Gasteiger partial charge in [0.2, 0.25) is 0 Å². The number of piperazine rings is 1. The molecule has 1 fully saturated rings. The van der Waals surface area contributed by atoms with Gasteiger partial charge >= 0.3 is 6.03 Å². The number of nitrogens with zero attached hydrogens (tertiary/aromatic N) is 2. The maximum absolute atomic E-state index is 12.7. The summed E-state index contributed by atoms with van der Waals surface area (Å²) in [6.45, 7) is 3.35. The van der Waals surface area contributed by atoms with Gasteiger partial charge in [-0.3, -0.25) is 0 Å². The van der Waals surface area contributed by atoms with E-state index in [1.807, 2.05) is 77.7 Å². The number of carbonyl (C=O) groups is 1. The highest BCUT2D eigenvalue weighted by Gasteiger charge is 2.22. The molecule has 1 N–H and O–H groups in total. The molecular weight excluding hydrogens is 390 g/mol. The lowest BCUT2D eigenvalue weighted by atomic mass is 10.2. The van der Waals surface area contributed by atoms with Gasteiger partial charge in [0, 0.05) is 31.9 Å². The zero-order valence-corrected chi connectivity index (χ0v) is 17.7. The summed E-state index contributed by atoms with van der Waals surface area (Å²) in [7, 11) is 1.68. The van der Waals surface area contributed by atoms with Gasteiger partial charge in [0.25, 0.3) is 0 Å². The van der Waals surface area contributed by atoms with Crippen molar-refractivity contribution in [1.29, 1.82) is 0 Å². The van der Waals surface area contributed by atoms with Crippen LogP contribution in [-0.4, -0.2) is 44.2 Å². The summed E-state index contributed by atoms with van der Waals surface area (Å²) in [5, 5.41) is 2.98. The Bertz CT molecular complexity index is 984. The molecule has 1 aliphatic heterocycles. The molecule has 0 radical (unpaired) electrons. The van der Waals surface area contributed by atoms with Gasteiger partial charge in [-0.15, -0.1) is 0 Å². The van der Waals surface area contributed by atoms with Crippen LogP contribution >= 0.6 is 0 Å². The molecule has 0 atom stereocenters. The Morgan fingerprint density at radius 3 is 2.26 bits per heavy atom. The van der Waals surface area contributed by atoms with Gasteiger partial charge in [-0.25, -0.2) is 4.79 Å². The number of hydrogen-bond donors (Lipinski definition) is 1. The van der Waals surface area contributed by atoms with Crippen molar-refractivity contribution < 1.29 is 14.3 Å². The van der Waals surface area contributed by atoms with Crippen LogP contribution in [0.25, 0.3) is 0 Å². The van der Waals surface area contributed by atoms with Crippen molar-refractivity contribution in [2.45, 2.75) is 6.61 Å². The lowest BCUT2D eigenvalue weighted by molar-refractivity contribution is 0.208. The van der Waals surface area contributed by atoms with Crippen LogP contribution in [0.3, 0.4) is 0 Å². The summed E-state index contributed by atoms with van der Waals surface area (Å²) in [6, 6.07) is 25.4. The predicted molar refractivity (Wildman–Crippen MR) is 123 cm³/mol. The average molecular weight is 418 g/mol. The van der Waals surface area contributed by atoms with Crippen molar-refractivity contribution >= 4 is 17.4 Å². The van der Waals surface area contributed by atoms with E-state index >= 15 is 0 Å². The Labute approximate surface area is 183 Å². The van der Waals surface area contributed by atoms with Gasteiger partial charge in [-0.05, 0) is 42.0 Å². The smallest absolute Gasteiger partial charge is 0.321 e. The van der Waals surface area contributed by atoms with E-state index in [2.05, 4.69) is 16.3 Å². The monoisotopic (exact) mass is 417 g/mol. The Hall–Kier alpha value is -3.67. The number of ether oxygens (including phenoxy) is 2. The van der Waals surface area contributed by atoms with E-state index in [9.17, 15) is 4.79 Å². The zero-order chi connectivity index (χ0) is 21.5. The molecule has 1 aliphatic rings. The molecule has 160 valence electrons. The highest BCUT2D eigenvalue weighted by molar-refractivity contribution is 5.89. The van der Waals surface area contributed by atoms with E-state index in [-0.39, 0.29) is 6.03 Å². The van der Waals surface area contributed by atoms with Gasteiger partial charge < -0.3 is 24.6 Å². The fourth-order valence-corrected chi connectivity index (χ4v) is 3.62. The molecule has 0 saturated carbocycles. The normalized spacial score (nSPS) is 13.6. The fraction of sp³-hybridized carbons (Fsp3) is 0.240. The number of amides is 2. The number of nitrogens with one attached hydrogen (secondary N) is 1. The van der Waals surface area contributed by atoms with Crippen LogP contribution in [0.1, 0.15) is 5.56 Å². The molecule has 31 heavy (non-hydrogen) atoms. The highest BCUT2D eigenvalue weighted by atomic mass is 16.5. The molecule has 0 aromatic heterocycles. The number of anilines is 2. The van der Waals surface area contributed by atoms with E-state index in [0.29, 0.717) is 19.7 Å². The maximum atomic E-state index is 12.7. The first-order chi connectivity index (χ1) is 15.2. The molecule has 1 saturated heterocycles. The summed E-state index contributed by atoms with van der Waals surface area (Å²) in [6.07, 6.45) is 0. The number of urea groups is 1. The number of carbonyl (C=O) groups excluding carboxylic acids is 1. The largest absolute Gasteiger partial charge is 0.495 e. The standard InChI is InChI=1S/C25H27N3O3/c1-30-24-10-6-5-9-23(24)27-15-17-28(18-16-27)25(29)26-21-11-13-22(14-12-21)31-19-20-7-3-2-4-8-20/h2-14H,15-19H2,1H3,(H,26,29). The molecular formula is C25H27N3O3. The summed E-state index contributed by atoms with van der Waals surface area (Å²) in [5.74, 6) is 1.63. The minimum atomic E-state index is -0.0855. The van der Waals surface area contributed by atoms with Gasteiger partial charge in [-0.2, -0.15) is 0 Å². The molecule has 4 rings (SSSR count). The summed E-state index contributed by atoms with van der Waals surface area (Å²) >= 11 is 0. The van der Waals surface area contributed by atoms with Crippen LogP contribution in [0.4, 0.5) is 16.2 Å². The molecule has 3 aromatic rings. The third-order valence-corrected chi connectivity index (χ3v) is 5.35. The second kappa shape index (κ2) is 9.89. The third-order valence-electron chi connectivity index (χ3n) is 5.35. The lowest BCUT2D eigenvalue weighted by Crippen LogP contribution is -2.50. The van der Waals surface area contributed by atoms with Crippen LogP contribution < -0.4 is 19.7 Å². The molecule has 6 nitrogen and oxygen atoms in total. The third kappa shape index (κ3) is 5.28. The predicted octanol–water partition coefficient (Wildman–Crippen LogP) is 4.63. The van der Waals surface area contributed by atoms with Crippen molar-refractivity contribution in [2.75, 3.05) is 43.5 Å². The molecule has 6 heteroatoms. The Morgan fingerprint density at radius 1 is 0.871 bits per heavy atom. The molecule has 0 spiro atoms. The fourth-order valence-electron chi connectivity index (χ4n) is 3.62. The van der Waals surface area contributed by atoms with Crippen LogP contribution in [0, 0.1) is 0 Å². The first-order valence-electron chi connectivity index (χ1n) is 10.4. The Morgan fingerprint density at radius 2 is 1.55 bits per heavy atom. The number of methoxy groups -OCH3 is 1. The first kappa shape index (κ1) is 20.6. The number of rotatable bonds is 6. The Balaban J connectivity index is 1.27. The van der Waals surface area contributed by atoms with Crippen molar-refractivity contribution in [3.63, 3.8) is 0 Å². The quantitative estimate of drug-likeness (QED) is 0.635.